The van der Waals surface area contributed by atoms with Crippen molar-refractivity contribution >= 4 is 17.7 Å². The van der Waals surface area contributed by atoms with E-state index in [2.05, 4.69) is 5.32 Å². The van der Waals surface area contributed by atoms with E-state index >= 15 is 0 Å². The molecule has 0 saturated heterocycles. The molecule has 1 amide bonds. The average molecular weight is 393 g/mol. The Morgan fingerprint density at radius 2 is 1.62 bits per heavy atom. The molecule has 2 aromatic carbocycles. The second-order valence-electron chi connectivity index (χ2n) is 5.96. The number of carbonyl (C=O) groups is 2. The number of hydrogen-bond acceptors (Lipinski definition) is 6. The summed E-state index contributed by atoms with van der Waals surface area (Å²) in [6.45, 7) is 1.85. The van der Waals surface area contributed by atoms with Crippen LogP contribution in [-0.4, -0.2) is 18.7 Å². The fraction of sp³-hybridized carbons (Fsp3) is 0.136. The number of carbonyl (C=O) groups excluding carboxylic acids is 2. The van der Waals surface area contributed by atoms with E-state index in [4.69, 9.17) is 13.9 Å². The van der Waals surface area contributed by atoms with E-state index in [0.29, 0.717) is 5.56 Å². The van der Waals surface area contributed by atoms with Crippen LogP contribution in [0.2, 0.25) is 0 Å². The van der Waals surface area contributed by atoms with Crippen molar-refractivity contribution in [2.24, 2.45) is 0 Å². The SMILES string of the molecule is CCOC(=O)c1cc(NC(=O)OCc2ccccc2)c(=O)oc1-c1ccccc1. The molecule has 7 nitrogen and oxygen atoms in total. The van der Waals surface area contributed by atoms with Crippen LogP contribution in [0.5, 0.6) is 0 Å². The highest BCUT2D eigenvalue weighted by molar-refractivity contribution is 5.97. The third-order valence-electron chi connectivity index (χ3n) is 3.93. The van der Waals surface area contributed by atoms with Crippen LogP contribution in [0.3, 0.4) is 0 Å². The quantitative estimate of drug-likeness (QED) is 0.630. The first-order chi connectivity index (χ1) is 14.1. The summed E-state index contributed by atoms with van der Waals surface area (Å²) in [5, 5.41) is 2.32. The zero-order chi connectivity index (χ0) is 20.6. The van der Waals surface area contributed by atoms with Gasteiger partial charge < -0.3 is 13.9 Å². The largest absolute Gasteiger partial charge is 0.462 e. The first-order valence-electron chi connectivity index (χ1n) is 8.97. The molecule has 3 rings (SSSR count). The predicted octanol–water partition coefficient (Wildman–Crippen LogP) is 4.23. The van der Waals surface area contributed by atoms with E-state index in [0.717, 1.165) is 5.56 Å². The third kappa shape index (κ3) is 5.10. The lowest BCUT2D eigenvalue weighted by molar-refractivity contribution is 0.0524. The van der Waals surface area contributed by atoms with E-state index in [1.165, 1.54) is 6.07 Å². The predicted molar refractivity (Wildman–Crippen MR) is 107 cm³/mol. The van der Waals surface area contributed by atoms with Crippen LogP contribution in [0.1, 0.15) is 22.8 Å². The Hall–Kier alpha value is -3.87. The second-order valence-corrected chi connectivity index (χ2v) is 5.96. The van der Waals surface area contributed by atoms with Gasteiger partial charge in [-0.25, -0.2) is 14.4 Å². The lowest BCUT2D eigenvalue weighted by Crippen LogP contribution is -2.20. The Morgan fingerprint density at radius 3 is 2.28 bits per heavy atom. The van der Waals surface area contributed by atoms with Crippen molar-refractivity contribution in [1.82, 2.24) is 0 Å². The topological polar surface area (TPSA) is 94.8 Å². The summed E-state index contributed by atoms with van der Waals surface area (Å²) in [6.07, 6.45) is -0.844. The molecule has 0 saturated carbocycles. The summed E-state index contributed by atoms with van der Waals surface area (Å²) >= 11 is 0. The minimum atomic E-state index is -0.844. The van der Waals surface area contributed by atoms with E-state index in [1.54, 1.807) is 49.4 Å². The van der Waals surface area contributed by atoms with Gasteiger partial charge in [-0.1, -0.05) is 60.7 Å². The van der Waals surface area contributed by atoms with Crippen molar-refractivity contribution in [2.45, 2.75) is 13.5 Å². The Bertz CT molecular complexity index is 1040. The van der Waals surface area contributed by atoms with Gasteiger partial charge in [0.05, 0.1) is 6.61 Å². The number of rotatable bonds is 6. The summed E-state index contributed by atoms with van der Waals surface area (Å²) in [5.41, 5.74) is 0.322. The molecule has 0 aliphatic carbocycles. The van der Waals surface area contributed by atoms with Gasteiger partial charge in [0, 0.05) is 5.56 Å². The van der Waals surface area contributed by atoms with Crippen LogP contribution in [-0.2, 0) is 16.1 Å². The van der Waals surface area contributed by atoms with E-state index in [9.17, 15) is 14.4 Å². The van der Waals surface area contributed by atoms with Crippen LogP contribution >= 0.6 is 0 Å². The molecule has 0 unspecified atom stereocenters. The van der Waals surface area contributed by atoms with E-state index in [-0.39, 0.29) is 30.2 Å². The molecule has 0 atom stereocenters. The molecule has 3 aromatic rings. The third-order valence-corrected chi connectivity index (χ3v) is 3.93. The maximum Gasteiger partial charge on any atom is 0.412 e. The normalized spacial score (nSPS) is 10.2. The van der Waals surface area contributed by atoms with Crippen molar-refractivity contribution in [1.29, 1.82) is 0 Å². The Kier molecular flexibility index (Phi) is 6.42. The number of hydrogen-bond donors (Lipinski definition) is 1. The first kappa shape index (κ1) is 19.9. The summed E-state index contributed by atoms with van der Waals surface area (Å²) in [6, 6.07) is 19.0. The maximum absolute atomic E-state index is 12.4. The van der Waals surface area contributed by atoms with Crippen LogP contribution < -0.4 is 10.9 Å². The fourth-order valence-corrected chi connectivity index (χ4v) is 2.59. The number of benzene rings is 2. The van der Waals surface area contributed by atoms with Gasteiger partial charge in [0.1, 0.15) is 17.9 Å². The van der Waals surface area contributed by atoms with Crippen LogP contribution in [0, 0.1) is 0 Å². The fourth-order valence-electron chi connectivity index (χ4n) is 2.59. The number of nitrogens with one attached hydrogen (secondary N) is 1. The van der Waals surface area contributed by atoms with Gasteiger partial charge in [-0.2, -0.15) is 0 Å². The molecule has 1 N–H and O–H groups in total. The molecule has 7 heteroatoms. The highest BCUT2D eigenvalue weighted by atomic mass is 16.5. The maximum atomic E-state index is 12.4. The second kappa shape index (κ2) is 9.36. The lowest BCUT2D eigenvalue weighted by atomic mass is 10.1. The van der Waals surface area contributed by atoms with Crippen molar-refractivity contribution in [3.63, 3.8) is 0 Å². The molecular weight excluding hydrogens is 374 g/mol. The monoisotopic (exact) mass is 393 g/mol. The number of amides is 1. The molecule has 0 bridgehead atoms. The molecule has 0 fully saturated rings. The highest BCUT2D eigenvalue weighted by Gasteiger charge is 2.21. The minimum absolute atomic E-state index is 0.0241. The standard InChI is InChI=1S/C22H19NO6/c1-2-27-20(24)17-13-18(21(25)29-19(17)16-11-7-4-8-12-16)23-22(26)28-14-15-9-5-3-6-10-15/h3-13H,2,14H2,1H3,(H,23,26). The summed E-state index contributed by atoms with van der Waals surface area (Å²) in [5.74, 6) is -0.604. The van der Waals surface area contributed by atoms with Gasteiger partial charge in [-0.15, -0.1) is 0 Å². The van der Waals surface area contributed by atoms with Gasteiger partial charge in [0.15, 0.2) is 5.76 Å². The highest BCUT2D eigenvalue weighted by Crippen LogP contribution is 2.25. The molecule has 1 aromatic heterocycles. The Labute approximate surface area is 166 Å². The van der Waals surface area contributed by atoms with Gasteiger partial charge >= 0.3 is 17.7 Å². The first-order valence-corrected chi connectivity index (χ1v) is 8.97. The number of ether oxygens (including phenoxy) is 2. The summed E-state index contributed by atoms with van der Waals surface area (Å²) in [4.78, 5) is 36.8. The van der Waals surface area contributed by atoms with Gasteiger partial charge in [-0.05, 0) is 18.6 Å². The van der Waals surface area contributed by atoms with Gasteiger partial charge in [0.25, 0.3) is 0 Å². The Morgan fingerprint density at radius 1 is 0.966 bits per heavy atom. The zero-order valence-corrected chi connectivity index (χ0v) is 15.7. The number of esters is 1. The summed E-state index contributed by atoms with van der Waals surface area (Å²) < 4.78 is 15.5. The molecule has 1 heterocycles. The number of anilines is 1. The molecular formula is C22H19NO6. The van der Waals surface area contributed by atoms with E-state index < -0.39 is 17.7 Å². The Balaban J connectivity index is 1.85. The minimum Gasteiger partial charge on any atom is -0.462 e. The van der Waals surface area contributed by atoms with Gasteiger partial charge in [-0.3, -0.25) is 5.32 Å². The van der Waals surface area contributed by atoms with E-state index in [1.807, 2.05) is 18.2 Å². The molecule has 0 aliphatic rings. The van der Waals surface area contributed by atoms with Crippen molar-refractivity contribution in [2.75, 3.05) is 11.9 Å². The molecule has 0 aliphatic heterocycles. The van der Waals surface area contributed by atoms with Crippen molar-refractivity contribution in [3.05, 3.63) is 88.3 Å². The molecule has 0 spiro atoms. The molecule has 148 valence electrons. The molecule has 0 radical (unpaired) electrons. The summed E-state index contributed by atoms with van der Waals surface area (Å²) in [7, 11) is 0. The lowest BCUT2D eigenvalue weighted by Gasteiger charge is -2.11. The molecule has 29 heavy (non-hydrogen) atoms. The van der Waals surface area contributed by atoms with Gasteiger partial charge in [0.2, 0.25) is 0 Å². The smallest absolute Gasteiger partial charge is 0.412 e. The average Bonchev–Trinajstić information content (AvgIpc) is 2.75. The van der Waals surface area contributed by atoms with Crippen molar-refractivity contribution in [3.8, 4) is 11.3 Å². The zero-order valence-electron chi connectivity index (χ0n) is 15.7. The van der Waals surface area contributed by atoms with Crippen LogP contribution in [0.25, 0.3) is 11.3 Å². The van der Waals surface area contributed by atoms with Crippen LogP contribution in [0.15, 0.2) is 75.9 Å². The van der Waals surface area contributed by atoms with Crippen LogP contribution in [0.4, 0.5) is 10.5 Å². The van der Waals surface area contributed by atoms with Crippen molar-refractivity contribution < 1.29 is 23.5 Å².